The Morgan fingerprint density at radius 3 is 2.32 bits per heavy atom. The number of amides is 2. The highest BCUT2D eigenvalue weighted by atomic mass is 31.1. The fourth-order valence-electron chi connectivity index (χ4n) is 3.24. The lowest BCUT2D eigenvalue weighted by atomic mass is 10.0. The summed E-state index contributed by atoms with van der Waals surface area (Å²) < 4.78 is 11.5. The van der Waals surface area contributed by atoms with Crippen molar-refractivity contribution in [1.29, 1.82) is 0 Å². The number of nitrogens with one attached hydrogen (secondary N) is 2. The van der Waals surface area contributed by atoms with Gasteiger partial charge in [0.05, 0.1) is 0 Å². The van der Waals surface area contributed by atoms with E-state index in [0.29, 0.717) is 13.0 Å². The molecule has 0 radical (unpaired) electrons. The zero-order valence-corrected chi connectivity index (χ0v) is 16.8. The van der Waals surface area contributed by atoms with Crippen LogP contribution in [0.5, 0.6) is 0 Å². The van der Waals surface area contributed by atoms with Crippen LogP contribution >= 0.6 is 8.46 Å². The summed E-state index contributed by atoms with van der Waals surface area (Å²) >= 11 is 0. The summed E-state index contributed by atoms with van der Waals surface area (Å²) in [6, 6.07) is -0.669. The number of aliphatic hydroxyl groups is 1. The van der Waals surface area contributed by atoms with Crippen LogP contribution in [0.2, 0.25) is 0 Å². The van der Waals surface area contributed by atoms with Gasteiger partial charge in [-0.2, -0.15) is 0 Å². The van der Waals surface area contributed by atoms with E-state index in [1.807, 2.05) is 13.8 Å². The van der Waals surface area contributed by atoms with Gasteiger partial charge in [-0.25, -0.2) is 0 Å². The van der Waals surface area contributed by atoms with Crippen LogP contribution in [-0.2, 0) is 14.2 Å². The third-order valence-corrected chi connectivity index (χ3v) is 5.54. The van der Waals surface area contributed by atoms with Crippen LogP contribution in [0.15, 0.2) is 0 Å². The van der Waals surface area contributed by atoms with Gasteiger partial charge in [-0.3, -0.25) is 9.59 Å². The summed E-state index contributed by atoms with van der Waals surface area (Å²) in [5.41, 5.74) is 0. The molecule has 0 bridgehead atoms. The minimum Gasteiger partial charge on any atom is -0.373 e. The molecule has 3 unspecified atom stereocenters. The maximum absolute atomic E-state index is 12.5. The summed E-state index contributed by atoms with van der Waals surface area (Å²) in [4.78, 5) is 24.9. The van der Waals surface area contributed by atoms with E-state index in [4.69, 9.17) is 0 Å². The molecule has 1 rings (SSSR count). The van der Waals surface area contributed by atoms with Gasteiger partial charge in [0.2, 0.25) is 5.91 Å². The van der Waals surface area contributed by atoms with Gasteiger partial charge in [0, 0.05) is 6.54 Å². The van der Waals surface area contributed by atoms with Crippen LogP contribution < -0.4 is 10.6 Å². The first-order chi connectivity index (χ1) is 11.9. The Morgan fingerprint density at radius 1 is 1.20 bits per heavy atom. The molecule has 0 aliphatic carbocycles. The molecule has 2 amide bonds. The zero-order valence-electron chi connectivity index (χ0n) is 15.7. The fraction of sp³-hybridized carbons (Fsp3) is 0.889. The smallest absolute Gasteiger partial charge is 0.259 e. The van der Waals surface area contributed by atoms with E-state index in [1.54, 1.807) is 0 Å². The predicted molar refractivity (Wildman–Crippen MR) is 101 cm³/mol. The molecule has 1 aliphatic heterocycles. The molecule has 0 spiro atoms. The van der Waals surface area contributed by atoms with Crippen molar-refractivity contribution in [3.05, 3.63) is 0 Å². The lowest BCUT2D eigenvalue weighted by Gasteiger charge is -2.26. The van der Waals surface area contributed by atoms with E-state index in [-0.39, 0.29) is 18.2 Å². The number of hydrogen-bond donors (Lipinski definition) is 3. The maximum atomic E-state index is 12.5. The monoisotopic (exact) mass is 374 g/mol. The first kappa shape index (κ1) is 22.2. The zero-order chi connectivity index (χ0) is 18.7. The van der Waals surface area contributed by atoms with Crippen molar-refractivity contribution in [1.82, 2.24) is 10.6 Å². The van der Waals surface area contributed by atoms with Crippen LogP contribution in [0.1, 0.15) is 78.1 Å². The lowest BCUT2D eigenvalue weighted by Crippen LogP contribution is -2.53. The SMILES string of the molecule is CC(C)CC(O)([PH2]=O)C(=O)NC1CCCCCCCCCCNC1=O. The molecule has 1 aliphatic rings. The number of carbonyl (C=O) groups is 2. The van der Waals surface area contributed by atoms with E-state index in [2.05, 4.69) is 10.6 Å². The van der Waals surface area contributed by atoms with E-state index in [1.165, 1.54) is 19.3 Å². The minimum atomic E-state index is -1.87. The van der Waals surface area contributed by atoms with Gasteiger partial charge in [0.15, 0.2) is 5.34 Å². The second kappa shape index (κ2) is 11.7. The Bertz CT molecular complexity index is 445. The highest BCUT2D eigenvalue weighted by molar-refractivity contribution is 7.27. The van der Waals surface area contributed by atoms with Gasteiger partial charge >= 0.3 is 0 Å². The van der Waals surface area contributed by atoms with E-state index < -0.39 is 25.8 Å². The third kappa shape index (κ3) is 8.37. The van der Waals surface area contributed by atoms with E-state index in [9.17, 15) is 19.3 Å². The Morgan fingerprint density at radius 2 is 1.76 bits per heavy atom. The summed E-state index contributed by atoms with van der Waals surface area (Å²) in [6.45, 7) is 4.33. The van der Waals surface area contributed by atoms with Crippen LogP contribution in [0.25, 0.3) is 0 Å². The Balaban J connectivity index is 2.72. The standard InChI is InChI=1S/C18H35N2O4P/c1-14(2)13-18(23,25-24)17(22)20-15-11-9-7-5-3-4-6-8-10-12-19-16(15)21/h14-15,23H,3-13,25H2,1-2H3,(H,19,21)(H,20,22). The summed E-state index contributed by atoms with van der Waals surface area (Å²) in [5.74, 6) is -0.859. The molecule has 1 heterocycles. The van der Waals surface area contributed by atoms with Crippen molar-refractivity contribution in [3.8, 4) is 0 Å². The van der Waals surface area contributed by atoms with Gasteiger partial charge in [-0.1, -0.05) is 58.8 Å². The quantitative estimate of drug-likeness (QED) is 0.645. The average molecular weight is 374 g/mol. The molecule has 146 valence electrons. The van der Waals surface area contributed by atoms with Crippen molar-refractivity contribution < 1.29 is 19.3 Å². The normalized spacial score (nSPS) is 24.0. The molecule has 0 aromatic carbocycles. The van der Waals surface area contributed by atoms with Gasteiger partial charge in [0.25, 0.3) is 5.91 Å². The van der Waals surface area contributed by atoms with Crippen LogP contribution in [-0.4, -0.2) is 34.8 Å². The number of hydrogen-bond acceptors (Lipinski definition) is 4. The van der Waals surface area contributed by atoms with Crippen molar-refractivity contribution in [3.63, 3.8) is 0 Å². The first-order valence-corrected chi connectivity index (χ1v) is 10.7. The van der Waals surface area contributed by atoms with Gasteiger partial charge in [-0.05, 0) is 25.2 Å². The van der Waals surface area contributed by atoms with Crippen molar-refractivity contribution >= 4 is 20.3 Å². The minimum absolute atomic E-state index is 0.0334. The molecule has 1 fully saturated rings. The predicted octanol–water partition coefficient (Wildman–Crippen LogP) is 2.60. The van der Waals surface area contributed by atoms with Crippen molar-refractivity contribution in [2.75, 3.05) is 6.54 Å². The Labute approximate surface area is 152 Å². The lowest BCUT2D eigenvalue weighted by molar-refractivity contribution is -0.137. The summed E-state index contributed by atoms with van der Waals surface area (Å²) in [7, 11) is -1.68. The molecular formula is C18H35N2O4P. The van der Waals surface area contributed by atoms with Gasteiger partial charge in [0.1, 0.15) is 14.5 Å². The third-order valence-electron chi connectivity index (χ3n) is 4.65. The van der Waals surface area contributed by atoms with E-state index in [0.717, 1.165) is 32.1 Å². The van der Waals surface area contributed by atoms with Gasteiger partial charge < -0.3 is 20.3 Å². The number of carbonyl (C=O) groups excluding carboxylic acids is 2. The van der Waals surface area contributed by atoms with Gasteiger partial charge in [-0.15, -0.1) is 0 Å². The highest BCUT2D eigenvalue weighted by Crippen LogP contribution is 2.28. The molecular weight excluding hydrogens is 339 g/mol. The number of rotatable bonds is 5. The van der Waals surface area contributed by atoms with E-state index >= 15 is 0 Å². The molecule has 7 heteroatoms. The fourth-order valence-corrected chi connectivity index (χ4v) is 4.00. The largest absolute Gasteiger partial charge is 0.373 e. The van der Waals surface area contributed by atoms with Crippen molar-refractivity contribution in [2.24, 2.45) is 5.92 Å². The van der Waals surface area contributed by atoms with Crippen LogP contribution in [0.3, 0.4) is 0 Å². The summed E-state index contributed by atoms with van der Waals surface area (Å²) in [6.07, 6.45) is 9.40. The molecule has 0 aromatic rings. The van der Waals surface area contributed by atoms with Crippen molar-refractivity contribution in [2.45, 2.75) is 89.4 Å². The second-order valence-electron chi connectivity index (χ2n) is 7.57. The Hall–Kier alpha value is -0.870. The summed E-state index contributed by atoms with van der Waals surface area (Å²) in [5, 5.41) is 14.1. The highest BCUT2D eigenvalue weighted by Gasteiger charge is 2.37. The average Bonchev–Trinajstić information content (AvgIpc) is 2.58. The first-order valence-electron chi connectivity index (χ1n) is 9.66. The molecule has 25 heavy (non-hydrogen) atoms. The second-order valence-corrected chi connectivity index (χ2v) is 8.77. The van der Waals surface area contributed by atoms with Crippen LogP contribution in [0.4, 0.5) is 0 Å². The molecule has 0 saturated carbocycles. The molecule has 6 nitrogen and oxygen atoms in total. The topological polar surface area (TPSA) is 95.5 Å². The molecule has 3 atom stereocenters. The van der Waals surface area contributed by atoms with Crippen LogP contribution in [0, 0.1) is 5.92 Å². The molecule has 1 saturated heterocycles. The molecule has 3 N–H and O–H groups in total. The molecule has 0 aromatic heterocycles. The maximum Gasteiger partial charge on any atom is 0.259 e. The Kier molecular flexibility index (Phi) is 10.4.